The minimum atomic E-state index is -1.50. The summed E-state index contributed by atoms with van der Waals surface area (Å²) in [5, 5.41) is 41.5. The fourth-order valence-corrected chi connectivity index (χ4v) is 3.01. The van der Waals surface area contributed by atoms with E-state index in [4.69, 9.17) is 9.47 Å². The van der Waals surface area contributed by atoms with Crippen LogP contribution in [0.25, 0.3) is 11.1 Å². The summed E-state index contributed by atoms with van der Waals surface area (Å²) < 4.78 is 10.9. The van der Waals surface area contributed by atoms with E-state index < -0.39 is 37.3 Å². The van der Waals surface area contributed by atoms with Gasteiger partial charge in [0.2, 0.25) is 6.29 Å². The fourth-order valence-electron chi connectivity index (χ4n) is 3.01. The van der Waals surface area contributed by atoms with Crippen molar-refractivity contribution in [3.8, 4) is 16.9 Å². The molecule has 1 fully saturated rings. The molecule has 150 valence electrons. The lowest BCUT2D eigenvalue weighted by Crippen LogP contribution is -2.60. The van der Waals surface area contributed by atoms with Crippen molar-refractivity contribution in [2.75, 3.05) is 13.7 Å². The minimum Gasteiger partial charge on any atom is -0.462 e. The third kappa shape index (κ3) is 4.16. The molecule has 1 aliphatic heterocycles. The Kier molecular flexibility index (Phi) is 6.28. The van der Waals surface area contributed by atoms with E-state index in [2.05, 4.69) is 5.32 Å². The van der Waals surface area contributed by atoms with E-state index >= 15 is 0 Å². The van der Waals surface area contributed by atoms with Crippen LogP contribution in [0.15, 0.2) is 48.5 Å². The van der Waals surface area contributed by atoms with Crippen molar-refractivity contribution < 1.29 is 34.7 Å². The zero-order chi connectivity index (χ0) is 20.3. The average molecular weight is 389 g/mol. The Morgan fingerprint density at radius 2 is 1.75 bits per heavy atom. The maximum absolute atomic E-state index is 11.8. The van der Waals surface area contributed by atoms with E-state index in [-0.39, 0.29) is 5.91 Å². The highest BCUT2D eigenvalue weighted by Crippen LogP contribution is 2.27. The van der Waals surface area contributed by atoms with Crippen LogP contribution in [-0.2, 0) is 4.74 Å². The number of hydrogen-bond donors (Lipinski definition) is 5. The van der Waals surface area contributed by atoms with Crippen LogP contribution in [0.2, 0.25) is 0 Å². The highest BCUT2D eigenvalue weighted by atomic mass is 16.7. The number of carbonyl (C=O) groups excluding carboxylic acids is 1. The van der Waals surface area contributed by atoms with Gasteiger partial charge in [-0.2, -0.15) is 0 Å². The molecule has 1 heterocycles. The SMILES string of the molecule is CNC(=O)c1cccc(-c2ccc(O[C@H]3O[C@H](CO)[C@@H](O)[C@H](O)[C@@H]3O)cc2)c1. The highest BCUT2D eigenvalue weighted by molar-refractivity contribution is 5.95. The quantitative estimate of drug-likeness (QED) is 0.483. The first-order valence-corrected chi connectivity index (χ1v) is 8.84. The van der Waals surface area contributed by atoms with E-state index in [9.17, 15) is 25.2 Å². The summed E-state index contributed by atoms with van der Waals surface area (Å²) in [5.74, 6) is 0.194. The van der Waals surface area contributed by atoms with Crippen LogP contribution < -0.4 is 10.1 Å². The normalized spacial score (nSPS) is 27.2. The van der Waals surface area contributed by atoms with Crippen molar-refractivity contribution in [2.24, 2.45) is 0 Å². The first kappa shape index (κ1) is 20.2. The molecule has 8 heteroatoms. The monoisotopic (exact) mass is 389 g/mol. The second-order valence-electron chi connectivity index (χ2n) is 6.50. The molecule has 0 unspecified atom stereocenters. The van der Waals surface area contributed by atoms with Gasteiger partial charge in [0.05, 0.1) is 6.61 Å². The topological polar surface area (TPSA) is 128 Å². The smallest absolute Gasteiger partial charge is 0.251 e. The Hall–Kier alpha value is -2.49. The predicted octanol–water partition coefficient (Wildman–Crippen LogP) is -0.108. The zero-order valence-electron chi connectivity index (χ0n) is 15.2. The number of rotatable bonds is 5. The Morgan fingerprint density at radius 1 is 1.04 bits per heavy atom. The number of aliphatic hydroxyl groups is 4. The Morgan fingerprint density at radius 3 is 2.39 bits per heavy atom. The zero-order valence-corrected chi connectivity index (χ0v) is 15.2. The van der Waals surface area contributed by atoms with Crippen LogP contribution in [0.3, 0.4) is 0 Å². The maximum atomic E-state index is 11.8. The van der Waals surface area contributed by atoms with Gasteiger partial charge in [0, 0.05) is 12.6 Å². The second kappa shape index (κ2) is 8.68. The molecular formula is C20H23NO7. The molecule has 2 aromatic rings. The highest BCUT2D eigenvalue weighted by Gasteiger charge is 2.44. The third-order valence-electron chi connectivity index (χ3n) is 4.64. The number of amides is 1. The van der Waals surface area contributed by atoms with Crippen molar-refractivity contribution in [3.05, 3.63) is 54.1 Å². The van der Waals surface area contributed by atoms with Gasteiger partial charge >= 0.3 is 0 Å². The lowest BCUT2D eigenvalue weighted by Gasteiger charge is -2.39. The molecule has 1 saturated heterocycles. The van der Waals surface area contributed by atoms with E-state index in [1.165, 1.54) is 0 Å². The van der Waals surface area contributed by atoms with E-state index in [0.29, 0.717) is 11.3 Å². The Labute approximate surface area is 162 Å². The van der Waals surface area contributed by atoms with Crippen molar-refractivity contribution in [3.63, 3.8) is 0 Å². The first-order chi connectivity index (χ1) is 13.4. The fraction of sp³-hybridized carbons (Fsp3) is 0.350. The van der Waals surface area contributed by atoms with Gasteiger partial charge < -0.3 is 35.2 Å². The van der Waals surface area contributed by atoms with Crippen LogP contribution in [0.4, 0.5) is 0 Å². The van der Waals surface area contributed by atoms with Crippen LogP contribution in [0.5, 0.6) is 5.75 Å². The van der Waals surface area contributed by atoms with Crippen molar-refractivity contribution in [1.29, 1.82) is 0 Å². The molecule has 5 N–H and O–H groups in total. The number of hydrogen-bond acceptors (Lipinski definition) is 7. The minimum absolute atomic E-state index is 0.176. The van der Waals surface area contributed by atoms with Gasteiger partial charge in [-0.05, 0) is 35.4 Å². The second-order valence-corrected chi connectivity index (χ2v) is 6.50. The number of carbonyl (C=O) groups is 1. The standard InChI is InChI=1S/C20H23NO7/c1-21-19(26)13-4-2-3-12(9-13)11-5-7-14(8-6-11)27-20-18(25)17(24)16(23)15(10-22)28-20/h2-9,15-18,20,22-25H,10H2,1H3,(H,21,26)/t15-,16-,17+,18+,20+/m1/s1. The van der Waals surface area contributed by atoms with Gasteiger partial charge in [-0.25, -0.2) is 0 Å². The van der Waals surface area contributed by atoms with E-state index in [1.807, 2.05) is 6.07 Å². The van der Waals surface area contributed by atoms with E-state index in [1.54, 1.807) is 49.5 Å². The summed E-state index contributed by atoms with van der Waals surface area (Å²) in [4.78, 5) is 11.8. The number of benzene rings is 2. The molecule has 0 bridgehead atoms. The molecule has 0 aromatic heterocycles. The number of aliphatic hydroxyl groups excluding tert-OH is 4. The molecule has 5 atom stereocenters. The van der Waals surface area contributed by atoms with Crippen molar-refractivity contribution in [2.45, 2.75) is 30.7 Å². The molecule has 8 nitrogen and oxygen atoms in total. The van der Waals surface area contributed by atoms with E-state index in [0.717, 1.165) is 11.1 Å². The summed E-state index contributed by atoms with van der Waals surface area (Å²) >= 11 is 0. The largest absolute Gasteiger partial charge is 0.462 e. The van der Waals surface area contributed by atoms with Gasteiger partial charge in [0.25, 0.3) is 5.91 Å². The van der Waals surface area contributed by atoms with Gasteiger partial charge in [-0.1, -0.05) is 24.3 Å². The molecule has 0 aliphatic carbocycles. The summed E-state index contributed by atoms with van der Waals surface area (Å²) in [6.45, 7) is -0.522. The third-order valence-corrected chi connectivity index (χ3v) is 4.64. The molecular weight excluding hydrogens is 366 g/mol. The molecule has 28 heavy (non-hydrogen) atoms. The lowest BCUT2D eigenvalue weighted by molar-refractivity contribution is -0.277. The molecule has 0 saturated carbocycles. The van der Waals surface area contributed by atoms with Gasteiger partial charge in [0.1, 0.15) is 30.2 Å². The molecule has 0 spiro atoms. The summed E-state index contributed by atoms with van der Waals surface area (Å²) in [6, 6.07) is 14.0. The Balaban J connectivity index is 1.74. The summed E-state index contributed by atoms with van der Waals surface area (Å²) in [7, 11) is 1.57. The maximum Gasteiger partial charge on any atom is 0.251 e. The molecule has 1 aliphatic rings. The van der Waals surface area contributed by atoms with Crippen LogP contribution in [-0.4, -0.2) is 70.7 Å². The van der Waals surface area contributed by atoms with Crippen LogP contribution in [0.1, 0.15) is 10.4 Å². The predicted molar refractivity (Wildman–Crippen MR) is 99.7 cm³/mol. The molecule has 3 rings (SSSR count). The van der Waals surface area contributed by atoms with Gasteiger partial charge in [-0.15, -0.1) is 0 Å². The van der Waals surface area contributed by atoms with Crippen LogP contribution in [0, 0.1) is 0 Å². The summed E-state index contributed by atoms with van der Waals surface area (Å²) in [5.41, 5.74) is 2.24. The number of nitrogens with one attached hydrogen (secondary N) is 1. The van der Waals surface area contributed by atoms with Gasteiger partial charge in [0.15, 0.2) is 0 Å². The van der Waals surface area contributed by atoms with Crippen molar-refractivity contribution >= 4 is 5.91 Å². The molecule has 2 aromatic carbocycles. The van der Waals surface area contributed by atoms with Gasteiger partial charge in [-0.3, -0.25) is 4.79 Å². The van der Waals surface area contributed by atoms with Crippen molar-refractivity contribution in [1.82, 2.24) is 5.32 Å². The molecule has 1 amide bonds. The Bertz CT molecular complexity index is 808. The molecule has 0 radical (unpaired) electrons. The summed E-state index contributed by atoms with van der Waals surface area (Å²) in [6.07, 6.45) is -6.67. The van der Waals surface area contributed by atoms with Crippen LogP contribution >= 0.6 is 0 Å². The number of ether oxygens (including phenoxy) is 2. The lowest BCUT2D eigenvalue weighted by atomic mass is 9.99. The first-order valence-electron chi connectivity index (χ1n) is 8.84. The average Bonchev–Trinajstić information content (AvgIpc) is 2.74.